The van der Waals surface area contributed by atoms with Crippen molar-refractivity contribution in [1.82, 2.24) is 5.32 Å². The van der Waals surface area contributed by atoms with Gasteiger partial charge in [-0.25, -0.2) is 0 Å². The summed E-state index contributed by atoms with van der Waals surface area (Å²) in [7, 11) is 1.70. The van der Waals surface area contributed by atoms with E-state index in [0.29, 0.717) is 19.1 Å². The highest BCUT2D eigenvalue weighted by Gasteiger charge is 2.21. The van der Waals surface area contributed by atoms with E-state index < -0.39 is 0 Å². The predicted molar refractivity (Wildman–Crippen MR) is 77.7 cm³/mol. The molecule has 2 rings (SSSR count). The summed E-state index contributed by atoms with van der Waals surface area (Å²) in [5.74, 6) is 1.63. The predicted octanol–water partition coefficient (Wildman–Crippen LogP) is 2.64. The van der Waals surface area contributed by atoms with Crippen molar-refractivity contribution in [3.8, 4) is 5.75 Å². The molecule has 0 aromatic heterocycles. The van der Waals surface area contributed by atoms with E-state index >= 15 is 0 Å². The number of hydrogen-bond donors (Lipinski definition) is 1. The van der Waals surface area contributed by atoms with Crippen molar-refractivity contribution >= 4 is 0 Å². The minimum Gasteiger partial charge on any atom is -0.491 e. The molecule has 1 aromatic carbocycles. The molecule has 0 radical (unpaired) electrons. The van der Waals surface area contributed by atoms with Crippen LogP contribution in [0.25, 0.3) is 0 Å². The largest absolute Gasteiger partial charge is 0.491 e. The zero-order valence-corrected chi connectivity index (χ0v) is 12.0. The molecule has 1 atom stereocenters. The molecule has 1 aromatic rings. The van der Waals surface area contributed by atoms with E-state index in [4.69, 9.17) is 9.47 Å². The molecule has 3 heteroatoms. The third kappa shape index (κ3) is 5.21. The monoisotopic (exact) mass is 263 g/mol. The van der Waals surface area contributed by atoms with E-state index in [1.807, 2.05) is 12.1 Å². The Bertz CT molecular complexity index is 377. The van der Waals surface area contributed by atoms with Crippen LogP contribution in [0.5, 0.6) is 5.75 Å². The number of benzene rings is 1. The van der Waals surface area contributed by atoms with Crippen LogP contribution in [0.1, 0.15) is 25.3 Å². The maximum Gasteiger partial charge on any atom is 0.122 e. The summed E-state index contributed by atoms with van der Waals surface area (Å²) in [6.45, 7) is 4.63. The van der Waals surface area contributed by atoms with E-state index in [0.717, 1.165) is 24.8 Å². The molecule has 1 fully saturated rings. The van der Waals surface area contributed by atoms with Gasteiger partial charge >= 0.3 is 0 Å². The van der Waals surface area contributed by atoms with Crippen molar-refractivity contribution < 1.29 is 9.47 Å². The van der Waals surface area contributed by atoms with Crippen LogP contribution in [-0.4, -0.2) is 32.9 Å². The minimum atomic E-state index is 0.613. The number of hydrogen-bond acceptors (Lipinski definition) is 3. The first-order valence-electron chi connectivity index (χ1n) is 7.22. The zero-order valence-electron chi connectivity index (χ0n) is 12.0. The molecule has 0 saturated heterocycles. The standard InChI is InChI=1S/C16H25NO2/c1-13(12-17-15-7-8-15)11-14-5-3-4-6-16(14)19-10-9-18-2/h3-6,13,15,17H,7-12H2,1-2H3. The fourth-order valence-electron chi connectivity index (χ4n) is 2.15. The van der Waals surface area contributed by atoms with Gasteiger partial charge in [0.1, 0.15) is 12.4 Å². The molecule has 106 valence electrons. The lowest BCUT2D eigenvalue weighted by Gasteiger charge is -2.16. The number of nitrogens with one attached hydrogen (secondary N) is 1. The van der Waals surface area contributed by atoms with Gasteiger partial charge in [0.15, 0.2) is 0 Å². The van der Waals surface area contributed by atoms with Gasteiger partial charge in [0.2, 0.25) is 0 Å². The van der Waals surface area contributed by atoms with Gasteiger partial charge in [-0.3, -0.25) is 0 Å². The van der Waals surface area contributed by atoms with Crippen molar-refractivity contribution in [3.05, 3.63) is 29.8 Å². The lowest BCUT2D eigenvalue weighted by molar-refractivity contribution is 0.145. The van der Waals surface area contributed by atoms with Crippen molar-refractivity contribution in [2.45, 2.75) is 32.2 Å². The second-order valence-electron chi connectivity index (χ2n) is 5.44. The molecule has 1 unspecified atom stereocenters. The zero-order chi connectivity index (χ0) is 13.5. The van der Waals surface area contributed by atoms with Crippen LogP contribution in [-0.2, 0) is 11.2 Å². The first-order chi connectivity index (χ1) is 9.29. The molecule has 19 heavy (non-hydrogen) atoms. The van der Waals surface area contributed by atoms with E-state index in [2.05, 4.69) is 24.4 Å². The Morgan fingerprint density at radius 3 is 2.79 bits per heavy atom. The van der Waals surface area contributed by atoms with Gasteiger partial charge in [-0.2, -0.15) is 0 Å². The molecule has 1 N–H and O–H groups in total. The molecule has 0 amide bonds. The quantitative estimate of drug-likeness (QED) is 0.695. The van der Waals surface area contributed by atoms with Crippen LogP contribution < -0.4 is 10.1 Å². The van der Waals surface area contributed by atoms with Crippen molar-refractivity contribution in [1.29, 1.82) is 0 Å². The van der Waals surface area contributed by atoms with Gasteiger partial charge in [0.05, 0.1) is 6.61 Å². The normalized spacial score (nSPS) is 16.3. The fraction of sp³-hybridized carbons (Fsp3) is 0.625. The SMILES string of the molecule is COCCOc1ccccc1CC(C)CNC1CC1. The van der Waals surface area contributed by atoms with Crippen molar-refractivity contribution in [2.24, 2.45) is 5.92 Å². The molecule has 1 saturated carbocycles. The van der Waals surface area contributed by atoms with E-state index in [1.54, 1.807) is 7.11 Å². The van der Waals surface area contributed by atoms with E-state index in [1.165, 1.54) is 18.4 Å². The third-order valence-electron chi connectivity index (χ3n) is 3.42. The number of rotatable bonds is 9. The van der Waals surface area contributed by atoms with Gasteiger partial charge in [0.25, 0.3) is 0 Å². The number of ether oxygens (including phenoxy) is 2. The second-order valence-corrected chi connectivity index (χ2v) is 5.44. The van der Waals surface area contributed by atoms with Crippen molar-refractivity contribution in [2.75, 3.05) is 26.9 Å². The summed E-state index contributed by atoms with van der Waals surface area (Å²) in [6, 6.07) is 9.11. The molecule has 0 spiro atoms. The lowest BCUT2D eigenvalue weighted by Crippen LogP contribution is -2.24. The van der Waals surface area contributed by atoms with E-state index in [-0.39, 0.29) is 0 Å². The third-order valence-corrected chi connectivity index (χ3v) is 3.42. The molecule has 0 bridgehead atoms. The Kier molecular flexibility index (Phi) is 5.67. The maximum absolute atomic E-state index is 5.77. The molecule has 1 aliphatic rings. The first kappa shape index (κ1) is 14.4. The van der Waals surface area contributed by atoms with Crippen LogP contribution in [0, 0.1) is 5.92 Å². The Hall–Kier alpha value is -1.06. The molecular formula is C16H25NO2. The summed E-state index contributed by atoms with van der Waals surface area (Å²) in [5.41, 5.74) is 1.30. The molecule has 0 aliphatic heterocycles. The average molecular weight is 263 g/mol. The fourth-order valence-corrected chi connectivity index (χ4v) is 2.15. The topological polar surface area (TPSA) is 30.5 Å². The number of para-hydroxylation sites is 1. The highest BCUT2D eigenvalue weighted by Crippen LogP contribution is 2.22. The number of methoxy groups -OCH3 is 1. The van der Waals surface area contributed by atoms with Crippen LogP contribution in [0.2, 0.25) is 0 Å². The highest BCUT2D eigenvalue weighted by atomic mass is 16.5. The van der Waals surface area contributed by atoms with Gasteiger partial charge < -0.3 is 14.8 Å². The Morgan fingerprint density at radius 2 is 2.05 bits per heavy atom. The molecular weight excluding hydrogens is 238 g/mol. The Morgan fingerprint density at radius 1 is 1.26 bits per heavy atom. The van der Waals surface area contributed by atoms with Crippen LogP contribution in [0.3, 0.4) is 0 Å². The Balaban J connectivity index is 1.82. The van der Waals surface area contributed by atoms with Crippen molar-refractivity contribution in [3.63, 3.8) is 0 Å². The van der Waals surface area contributed by atoms with Crippen LogP contribution >= 0.6 is 0 Å². The molecule has 1 aliphatic carbocycles. The van der Waals surface area contributed by atoms with Gasteiger partial charge in [0, 0.05) is 13.2 Å². The molecule has 0 heterocycles. The smallest absolute Gasteiger partial charge is 0.122 e. The summed E-state index contributed by atoms with van der Waals surface area (Å²) >= 11 is 0. The van der Waals surface area contributed by atoms with Gasteiger partial charge in [-0.15, -0.1) is 0 Å². The summed E-state index contributed by atoms with van der Waals surface area (Å²) < 4.78 is 10.8. The minimum absolute atomic E-state index is 0.613. The second kappa shape index (κ2) is 7.51. The van der Waals surface area contributed by atoms with Gasteiger partial charge in [-0.05, 0) is 43.4 Å². The molecule has 3 nitrogen and oxygen atoms in total. The van der Waals surface area contributed by atoms with Crippen LogP contribution in [0.15, 0.2) is 24.3 Å². The Labute approximate surface area is 116 Å². The highest BCUT2D eigenvalue weighted by molar-refractivity contribution is 5.33. The summed E-state index contributed by atoms with van der Waals surface area (Å²) in [5, 5.41) is 3.59. The van der Waals surface area contributed by atoms with Gasteiger partial charge in [-0.1, -0.05) is 25.1 Å². The first-order valence-corrected chi connectivity index (χ1v) is 7.22. The lowest BCUT2D eigenvalue weighted by atomic mass is 10.0. The summed E-state index contributed by atoms with van der Waals surface area (Å²) in [4.78, 5) is 0. The van der Waals surface area contributed by atoms with Crippen LogP contribution in [0.4, 0.5) is 0 Å². The average Bonchev–Trinajstić information content (AvgIpc) is 3.23. The maximum atomic E-state index is 5.77. The van der Waals surface area contributed by atoms with E-state index in [9.17, 15) is 0 Å². The summed E-state index contributed by atoms with van der Waals surface area (Å²) in [6.07, 6.45) is 3.76.